The molecule has 2 aromatic carbocycles. The number of thiazole rings is 1. The number of anilines is 2. The topological polar surface area (TPSA) is 71.5 Å². The molecule has 0 radical (unpaired) electrons. The van der Waals surface area contributed by atoms with E-state index in [1.807, 2.05) is 36.6 Å². The highest BCUT2D eigenvalue weighted by Crippen LogP contribution is 2.28. The van der Waals surface area contributed by atoms with Crippen LogP contribution in [0.15, 0.2) is 58.8 Å². The second kappa shape index (κ2) is 9.36. The number of aryl methyl sites for hydroxylation is 1. The van der Waals surface area contributed by atoms with E-state index in [2.05, 4.69) is 10.3 Å². The Kier molecular flexibility index (Phi) is 7.07. The first-order valence-corrected chi connectivity index (χ1v) is 11.3. The van der Waals surface area contributed by atoms with Crippen molar-refractivity contribution >= 4 is 49.2 Å². The molecule has 9 heteroatoms. The van der Waals surface area contributed by atoms with Crippen molar-refractivity contribution in [2.24, 2.45) is 0 Å². The summed E-state index contributed by atoms with van der Waals surface area (Å²) in [4.78, 5) is 4.91. The molecular weight excluding hydrogens is 474 g/mol. The molecule has 4 rings (SSSR count). The number of hydrogen-bond donors (Lipinski definition) is 1. The number of nitrogens with one attached hydrogen (secondary N) is 1. The van der Waals surface area contributed by atoms with E-state index < -0.39 is 10.0 Å². The van der Waals surface area contributed by atoms with E-state index in [1.165, 1.54) is 21.2 Å². The zero-order valence-electron chi connectivity index (χ0n) is 15.9. The Labute approximate surface area is 185 Å². The number of ether oxygens (including phenoxy) is 1. The number of sulfonamides is 1. The van der Waals surface area contributed by atoms with Gasteiger partial charge < -0.3 is 10.1 Å². The van der Waals surface area contributed by atoms with Gasteiger partial charge in [-0.15, -0.1) is 28.3 Å². The second-order valence-electron chi connectivity index (χ2n) is 6.57. The van der Waals surface area contributed by atoms with Gasteiger partial charge in [0.1, 0.15) is 0 Å². The highest BCUT2D eigenvalue weighted by molar-refractivity contribution is 8.93. The van der Waals surface area contributed by atoms with Crippen molar-refractivity contribution in [3.63, 3.8) is 0 Å². The summed E-state index contributed by atoms with van der Waals surface area (Å²) in [5.74, 6) is 0. The van der Waals surface area contributed by atoms with Gasteiger partial charge >= 0.3 is 0 Å². The lowest BCUT2D eigenvalue weighted by Gasteiger charge is -2.26. The smallest absolute Gasteiger partial charge is 0.243 e. The van der Waals surface area contributed by atoms with Crippen molar-refractivity contribution in [2.75, 3.05) is 31.6 Å². The van der Waals surface area contributed by atoms with Crippen molar-refractivity contribution in [1.29, 1.82) is 0 Å². The molecule has 0 bridgehead atoms. The van der Waals surface area contributed by atoms with E-state index in [4.69, 9.17) is 4.74 Å². The summed E-state index contributed by atoms with van der Waals surface area (Å²) in [6, 6.07) is 15.0. The summed E-state index contributed by atoms with van der Waals surface area (Å²) in [7, 11) is -3.48. The van der Waals surface area contributed by atoms with Crippen molar-refractivity contribution in [1.82, 2.24) is 9.29 Å². The van der Waals surface area contributed by atoms with Crippen molar-refractivity contribution < 1.29 is 13.2 Å². The Hall–Kier alpha value is -1.78. The van der Waals surface area contributed by atoms with E-state index in [9.17, 15) is 8.42 Å². The van der Waals surface area contributed by atoms with Gasteiger partial charge in [-0.25, -0.2) is 13.4 Å². The molecule has 0 unspecified atom stereocenters. The minimum Gasteiger partial charge on any atom is -0.379 e. The number of morpholine rings is 1. The van der Waals surface area contributed by atoms with Gasteiger partial charge in [0.2, 0.25) is 10.0 Å². The second-order valence-corrected chi connectivity index (χ2v) is 9.37. The Morgan fingerprint density at radius 2 is 1.69 bits per heavy atom. The van der Waals surface area contributed by atoms with Crippen LogP contribution in [0.4, 0.5) is 10.8 Å². The fourth-order valence-electron chi connectivity index (χ4n) is 2.96. The summed E-state index contributed by atoms with van der Waals surface area (Å²) in [5.41, 5.74) is 3.89. The first-order valence-electron chi connectivity index (χ1n) is 9.00. The van der Waals surface area contributed by atoms with Crippen LogP contribution in [0.5, 0.6) is 0 Å². The molecule has 2 heterocycles. The summed E-state index contributed by atoms with van der Waals surface area (Å²) in [6.07, 6.45) is 0. The van der Waals surface area contributed by atoms with E-state index in [0.29, 0.717) is 31.2 Å². The maximum atomic E-state index is 12.7. The number of nitrogens with zero attached hydrogens (tertiary/aromatic N) is 2. The average molecular weight is 496 g/mol. The third-order valence-corrected chi connectivity index (χ3v) is 7.24. The predicted octanol–water partition coefficient (Wildman–Crippen LogP) is 4.46. The quantitative estimate of drug-likeness (QED) is 0.565. The van der Waals surface area contributed by atoms with Crippen LogP contribution in [0.1, 0.15) is 5.56 Å². The van der Waals surface area contributed by atoms with E-state index >= 15 is 0 Å². The lowest BCUT2D eigenvalue weighted by molar-refractivity contribution is 0.0730. The summed E-state index contributed by atoms with van der Waals surface area (Å²) >= 11 is 1.51. The molecule has 1 fully saturated rings. The molecule has 3 aromatic rings. The maximum absolute atomic E-state index is 12.7. The van der Waals surface area contributed by atoms with E-state index in [1.54, 1.807) is 24.3 Å². The highest BCUT2D eigenvalue weighted by Gasteiger charge is 2.26. The minimum atomic E-state index is -3.48. The van der Waals surface area contributed by atoms with Gasteiger partial charge in [0.15, 0.2) is 5.13 Å². The van der Waals surface area contributed by atoms with Gasteiger partial charge in [0.25, 0.3) is 0 Å². The van der Waals surface area contributed by atoms with Gasteiger partial charge in [-0.1, -0.05) is 29.8 Å². The molecule has 1 saturated heterocycles. The van der Waals surface area contributed by atoms with Crippen LogP contribution < -0.4 is 5.32 Å². The van der Waals surface area contributed by atoms with Gasteiger partial charge in [-0.05, 0) is 31.2 Å². The van der Waals surface area contributed by atoms with Crippen molar-refractivity contribution in [2.45, 2.75) is 11.8 Å². The van der Waals surface area contributed by atoms with Crippen LogP contribution in [-0.2, 0) is 14.8 Å². The standard InChI is InChI=1S/C20H21N3O3S2.BrH/c1-15-2-6-17(7-3-15)21-20-22-19(14-27-20)16-4-8-18(9-5-16)28(24,25)23-10-12-26-13-11-23;/h2-9,14H,10-13H2,1H3,(H,21,22);1H. The van der Waals surface area contributed by atoms with Gasteiger partial charge in [-0.2, -0.15) is 4.31 Å². The van der Waals surface area contributed by atoms with Crippen LogP contribution in [0, 0.1) is 6.92 Å². The molecule has 29 heavy (non-hydrogen) atoms. The van der Waals surface area contributed by atoms with Crippen LogP contribution in [0.3, 0.4) is 0 Å². The number of rotatable bonds is 5. The molecule has 1 N–H and O–H groups in total. The maximum Gasteiger partial charge on any atom is 0.243 e. The van der Waals surface area contributed by atoms with E-state index in [-0.39, 0.29) is 17.0 Å². The molecule has 0 saturated carbocycles. The van der Waals surface area contributed by atoms with Crippen LogP contribution in [-0.4, -0.2) is 44.0 Å². The number of aromatic nitrogens is 1. The Morgan fingerprint density at radius 3 is 2.34 bits per heavy atom. The van der Waals surface area contributed by atoms with Gasteiger partial charge in [-0.3, -0.25) is 0 Å². The Balaban J connectivity index is 0.00000240. The zero-order chi connectivity index (χ0) is 19.6. The third kappa shape index (κ3) is 5.04. The van der Waals surface area contributed by atoms with Crippen LogP contribution >= 0.6 is 28.3 Å². The fraction of sp³-hybridized carbons (Fsp3) is 0.250. The number of hydrogen-bond acceptors (Lipinski definition) is 6. The van der Waals surface area contributed by atoms with Gasteiger partial charge in [0.05, 0.1) is 23.8 Å². The molecule has 0 aliphatic carbocycles. The summed E-state index contributed by atoms with van der Waals surface area (Å²) in [5, 5.41) is 6.05. The third-order valence-electron chi connectivity index (χ3n) is 4.56. The average Bonchev–Trinajstić information content (AvgIpc) is 3.19. The van der Waals surface area contributed by atoms with E-state index in [0.717, 1.165) is 22.1 Å². The lowest BCUT2D eigenvalue weighted by atomic mass is 10.2. The van der Waals surface area contributed by atoms with Crippen molar-refractivity contribution in [3.8, 4) is 11.3 Å². The highest BCUT2D eigenvalue weighted by atomic mass is 79.9. The monoisotopic (exact) mass is 495 g/mol. The summed E-state index contributed by atoms with van der Waals surface area (Å²) in [6.45, 7) is 3.71. The zero-order valence-corrected chi connectivity index (χ0v) is 19.2. The number of benzene rings is 2. The van der Waals surface area contributed by atoms with Crippen LogP contribution in [0.25, 0.3) is 11.3 Å². The molecule has 0 spiro atoms. The lowest BCUT2D eigenvalue weighted by Crippen LogP contribution is -2.40. The minimum absolute atomic E-state index is 0. The normalized spacial score (nSPS) is 14.9. The molecule has 154 valence electrons. The van der Waals surface area contributed by atoms with Crippen molar-refractivity contribution in [3.05, 3.63) is 59.5 Å². The molecule has 0 atom stereocenters. The summed E-state index contributed by atoms with van der Waals surface area (Å²) < 4.78 is 32.1. The largest absolute Gasteiger partial charge is 0.379 e. The first kappa shape index (κ1) is 21.9. The first-order chi connectivity index (χ1) is 13.5. The Bertz CT molecular complexity index is 1050. The van der Waals surface area contributed by atoms with Gasteiger partial charge in [0, 0.05) is 29.7 Å². The molecule has 1 aliphatic heterocycles. The van der Waals surface area contributed by atoms with Crippen LogP contribution in [0.2, 0.25) is 0 Å². The molecule has 6 nitrogen and oxygen atoms in total. The predicted molar refractivity (Wildman–Crippen MR) is 122 cm³/mol. The molecular formula is C20H22BrN3O3S2. The molecule has 1 aromatic heterocycles. The fourth-order valence-corrected chi connectivity index (χ4v) is 5.11. The SMILES string of the molecule is Br.Cc1ccc(Nc2nc(-c3ccc(S(=O)(=O)N4CCOCC4)cc3)cs2)cc1. The molecule has 0 amide bonds. The number of halogens is 1. The Morgan fingerprint density at radius 1 is 1.03 bits per heavy atom. The molecule has 1 aliphatic rings.